The van der Waals surface area contributed by atoms with Gasteiger partial charge in [0, 0.05) is 6.08 Å². The van der Waals surface area contributed by atoms with Gasteiger partial charge in [-0.05, 0) is 20.3 Å². The van der Waals surface area contributed by atoms with Gasteiger partial charge in [0.1, 0.15) is 0 Å². The topological polar surface area (TPSA) is 26.3 Å². The first-order chi connectivity index (χ1) is 5.20. The zero-order valence-electron chi connectivity index (χ0n) is 7.52. The number of ether oxygens (including phenoxy) is 1. The molecule has 0 amide bonds. The molecule has 0 aromatic rings. The molecule has 64 valence electrons. The maximum Gasteiger partial charge on any atom is 0.330 e. The van der Waals surface area contributed by atoms with E-state index in [2.05, 4.69) is 6.92 Å². The van der Waals surface area contributed by atoms with Crippen LogP contribution in [0.15, 0.2) is 11.6 Å². The maximum absolute atomic E-state index is 10.8. The van der Waals surface area contributed by atoms with E-state index in [1.165, 1.54) is 0 Å². The third kappa shape index (κ3) is 5.64. The quantitative estimate of drug-likeness (QED) is 0.461. The van der Waals surface area contributed by atoms with Crippen LogP contribution < -0.4 is 0 Å². The second-order valence-electron chi connectivity index (χ2n) is 2.49. The Balaban J connectivity index is 3.76. The first kappa shape index (κ1) is 10.2. The van der Waals surface area contributed by atoms with Gasteiger partial charge in [0.15, 0.2) is 0 Å². The van der Waals surface area contributed by atoms with Crippen molar-refractivity contribution in [3.8, 4) is 0 Å². The fourth-order valence-corrected chi connectivity index (χ4v) is 0.852. The van der Waals surface area contributed by atoms with Gasteiger partial charge >= 0.3 is 5.97 Å². The fourth-order valence-electron chi connectivity index (χ4n) is 0.852. The molecule has 2 heteroatoms. The summed E-state index contributed by atoms with van der Waals surface area (Å²) in [5, 5.41) is 0. The van der Waals surface area contributed by atoms with Gasteiger partial charge in [-0.25, -0.2) is 4.79 Å². The number of hydrogen-bond donors (Lipinski definition) is 0. The molecule has 0 heterocycles. The van der Waals surface area contributed by atoms with Crippen molar-refractivity contribution in [1.29, 1.82) is 0 Å². The van der Waals surface area contributed by atoms with E-state index < -0.39 is 0 Å². The largest absolute Gasteiger partial charge is 0.463 e. The third-order valence-electron chi connectivity index (χ3n) is 1.30. The zero-order valence-corrected chi connectivity index (χ0v) is 7.52. The van der Waals surface area contributed by atoms with Crippen LogP contribution in [-0.2, 0) is 9.53 Å². The molecule has 0 radical (unpaired) electrons. The summed E-state index contributed by atoms with van der Waals surface area (Å²) in [6, 6.07) is 0. The highest BCUT2D eigenvalue weighted by atomic mass is 16.5. The lowest BCUT2D eigenvalue weighted by Crippen LogP contribution is -2.00. The number of rotatable bonds is 4. The van der Waals surface area contributed by atoms with Crippen LogP contribution in [0, 0.1) is 0 Å². The summed E-state index contributed by atoms with van der Waals surface area (Å²) in [6.07, 6.45) is 3.60. The summed E-state index contributed by atoms with van der Waals surface area (Å²) in [7, 11) is 0. The molecular formula is C9H16O2. The van der Waals surface area contributed by atoms with Crippen molar-refractivity contribution >= 4 is 5.97 Å². The van der Waals surface area contributed by atoms with E-state index in [0.29, 0.717) is 6.61 Å². The van der Waals surface area contributed by atoms with Crippen molar-refractivity contribution in [2.24, 2.45) is 0 Å². The number of allylic oxidation sites excluding steroid dienone is 1. The average Bonchev–Trinajstić information content (AvgIpc) is 1.87. The highest BCUT2D eigenvalue weighted by Crippen LogP contribution is 2.02. The molecule has 0 bridgehead atoms. The SMILES string of the molecule is CCCC(C)=CC(=O)OCC. The van der Waals surface area contributed by atoms with Crippen LogP contribution >= 0.6 is 0 Å². The van der Waals surface area contributed by atoms with Crippen LogP contribution in [0.3, 0.4) is 0 Å². The minimum absolute atomic E-state index is 0.224. The van der Waals surface area contributed by atoms with E-state index in [1.54, 1.807) is 13.0 Å². The Hall–Kier alpha value is -0.790. The highest BCUT2D eigenvalue weighted by molar-refractivity contribution is 5.82. The third-order valence-corrected chi connectivity index (χ3v) is 1.30. The minimum Gasteiger partial charge on any atom is -0.463 e. The number of carbonyl (C=O) groups is 1. The molecule has 0 fully saturated rings. The average molecular weight is 156 g/mol. The fraction of sp³-hybridized carbons (Fsp3) is 0.667. The van der Waals surface area contributed by atoms with Crippen LogP contribution in [0.1, 0.15) is 33.6 Å². The standard InChI is InChI=1S/C9H16O2/c1-4-6-8(3)7-9(10)11-5-2/h7H,4-6H2,1-3H3. The molecule has 0 N–H and O–H groups in total. The molecule has 0 saturated heterocycles. The molecular weight excluding hydrogens is 140 g/mol. The van der Waals surface area contributed by atoms with Gasteiger partial charge in [-0.1, -0.05) is 18.9 Å². The van der Waals surface area contributed by atoms with Crippen LogP contribution in [0.2, 0.25) is 0 Å². The molecule has 0 aromatic heterocycles. The summed E-state index contributed by atoms with van der Waals surface area (Å²) in [5.41, 5.74) is 1.09. The van der Waals surface area contributed by atoms with Gasteiger partial charge in [0.25, 0.3) is 0 Å². The van der Waals surface area contributed by atoms with Gasteiger partial charge < -0.3 is 4.74 Å². The smallest absolute Gasteiger partial charge is 0.330 e. The van der Waals surface area contributed by atoms with E-state index in [4.69, 9.17) is 4.74 Å². The van der Waals surface area contributed by atoms with Crippen molar-refractivity contribution in [2.45, 2.75) is 33.6 Å². The molecule has 0 aliphatic carbocycles. The van der Waals surface area contributed by atoms with Crippen LogP contribution in [0.5, 0.6) is 0 Å². The first-order valence-corrected chi connectivity index (χ1v) is 4.04. The second-order valence-corrected chi connectivity index (χ2v) is 2.49. The molecule has 0 atom stereocenters. The molecule has 11 heavy (non-hydrogen) atoms. The predicted octanol–water partition coefficient (Wildman–Crippen LogP) is 2.30. The number of carbonyl (C=O) groups excluding carboxylic acids is 1. The summed E-state index contributed by atoms with van der Waals surface area (Å²) >= 11 is 0. The molecule has 0 aliphatic heterocycles. The van der Waals surface area contributed by atoms with Crippen molar-refractivity contribution in [3.63, 3.8) is 0 Å². The Kier molecular flexibility index (Phi) is 5.53. The molecule has 0 rings (SSSR count). The van der Waals surface area contributed by atoms with E-state index in [0.717, 1.165) is 18.4 Å². The second kappa shape index (κ2) is 5.96. The first-order valence-electron chi connectivity index (χ1n) is 4.04. The molecule has 0 unspecified atom stereocenters. The van der Waals surface area contributed by atoms with Gasteiger partial charge in [0.05, 0.1) is 6.61 Å². The van der Waals surface area contributed by atoms with Crippen LogP contribution in [0.25, 0.3) is 0 Å². The lowest BCUT2D eigenvalue weighted by Gasteiger charge is -1.98. The summed E-state index contributed by atoms with van der Waals surface area (Å²) in [5.74, 6) is -0.224. The maximum atomic E-state index is 10.8. The van der Waals surface area contributed by atoms with Gasteiger partial charge in [-0.3, -0.25) is 0 Å². The van der Waals surface area contributed by atoms with Gasteiger partial charge in [-0.2, -0.15) is 0 Å². The Labute approximate surface area is 68.2 Å². The van der Waals surface area contributed by atoms with Gasteiger partial charge in [-0.15, -0.1) is 0 Å². The zero-order chi connectivity index (χ0) is 8.69. The van der Waals surface area contributed by atoms with E-state index in [1.807, 2.05) is 6.92 Å². The van der Waals surface area contributed by atoms with Crippen molar-refractivity contribution in [2.75, 3.05) is 6.61 Å². The molecule has 0 aliphatic rings. The molecule has 0 spiro atoms. The predicted molar refractivity (Wildman–Crippen MR) is 45.3 cm³/mol. The summed E-state index contributed by atoms with van der Waals surface area (Å²) in [4.78, 5) is 10.8. The normalized spacial score (nSPS) is 11.4. The molecule has 0 saturated carbocycles. The highest BCUT2D eigenvalue weighted by Gasteiger charge is 1.95. The van der Waals surface area contributed by atoms with Crippen LogP contribution in [-0.4, -0.2) is 12.6 Å². The lowest BCUT2D eigenvalue weighted by molar-refractivity contribution is -0.137. The number of esters is 1. The van der Waals surface area contributed by atoms with Crippen molar-refractivity contribution in [1.82, 2.24) is 0 Å². The van der Waals surface area contributed by atoms with Crippen molar-refractivity contribution < 1.29 is 9.53 Å². The number of hydrogen-bond acceptors (Lipinski definition) is 2. The Bertz CT molecular complexity index is 148. The molecule has 0 aromatic carbocycles. The summed E-state index contributed by atoms with van der Waals surface area (Å²) in [6.45, 7) is 6.29. The Morgan fingerprint density at radius 2 is 2.09 bits per heavy atom. The van der Waals surface area contributed by atoms with E-state index >= 15 is 0 Å². The minimum atomic E-state index is -0.224. The van der Waals surface area contributed by atoms with Crippen molar-refractivity contribution in [3.05, 3.63) is 11.6 Å². The Morgan fingerprint density at radius 3 is 2.55 bits per heavy atom. The van der Waals surface area contributed by atoms with Gasteiger partial charge in [0.2, 0.25) is 0 Å². The lowest BCUT2D eigenvalue weighted by atomic mass is 10.2. The molecule has 2 nitrogen and oxygen atoms in total. The van der Waals surface area contributed by atoms with E-state index in [-0.39, 0.29) is 5.97 Å². The monoisotopic (exact) mass is 156 g/mol. The Morgan fingerprint density at radius 1 is 1.45 bits per heavy atom. The summed E-state index contributed by atoms with van der Waals surface area (Å²) < 4.78 is 4.74. The van der Waals surface area contributed by atoms with Crippen LogP contribution in [0.4, 0.5) is 0 Å². The van der Waals surface area contributed by atoms with E-state index in [9.17, 15) is 4.79 Å².